The van der Waals surface area contributed by atoms with Gasteiger partial charge in [0.1, 0.15) is 28.4 Å². The van der Waals surface area contributed by atoms with Crippen molar-refractivity contribution in [3.63, 3.8) is 0 Å². The summed E-state index contributed by atoms with van der Waals surface area (Å²) in [7, 11) is 0. The molecule has 4 N–H and O–H groups in total. The minimum Gasteiger partial charge on any atom is -0.864 e. The average Bonchev–Trinajstić information content (AvgIpc) is 3.57. The van der Waals surface area contributed by atoms with E-state index in [-0.39, 0.29) is 84.1 Å². The Bertz CT molecular complexity index is 1640. The van der Waals surface area contributed by atoms with Gasteiger partial charge in [-0.25, -0.2) is 9.59 Å². The summed E-state index contributed by atoms with van der Waals surface area (Å²) in [6.45, 7) is 1.87. The van der Waals surface area contributed by atoms with Crippen LogP contribution >= 0.6 is 34.9 Å². The maximum atomic E-state index is 13.8. The van der Waals surface area contributed by atoms with E-state index < -0.39 is 52.7 Å². The molecule has 1 aromatic carbocycles. The number of piperazine rings is 1. The molecule has 47 heavy (non-hydrogen) atoms. The van der Waals surface area contributed by atoms with Crippen molar-refractivity contribution in [2.75, 3.05) is 31.1 Å². The number of carboxylic acid groups (broad SMARTS) is 1. The second-order valence-corrected chi connectivity index (χ2v) is 13.0. The number of hydrogen-bond donors (Lipinski definition) is 4. The number of likely N-dealkylation sites (N-methyl/N-ethyl adjacent to an activating group) is 1. The zero-order valence-electron chi connectivity index (χ0n) is 24.8. The number of carbonyl (C=O) groups excluding carboxylic acids is 5. The molecule has 21 heteroatoms. The standard InChI is InChI=1S/C26H26N8O9S3.Na/c1-2-32-7-8-33(20(39)19(32)38)24(43)29-16(13-3-5-15(36)6-4-13)18(37)30-26(27-11-35)22(42)34-17(21(40)41)14(9-44-23(26)34)10-45-25-31-28-12-46-25;/h3-6,11-12,16,23,36H,2,7-10H2,1H3,(H,27,35)(H,29,43)(H,30,37)(H,40,41);/q;+1/p-1/t16?,23-,26-;/m1./s1. The van der Waals surface area contributed by atoms with Gasteiger partial charge in [-0.1, -0.05) is 41.6 Å². The summed E-state index contributed by atoms with van der Waals surface area (Å²) in [4.78, 5) is 84.7. The van der Waals surface area contributed by atoms with Gasteiger partial charge < -0.3 is 30.9 Å². The summed E-state index contributed by atoms with van der Waals surface area (Å²) >= 11 is 3.58. The van der Waals surface area contributed by atoms with E-state index in [1.807, 2.05) is 0 Å². The number of fused-ring (bicyclic) bond motifs is 1. The number of aliphatic imine (C=N–C) groups is 1. The number of hydrogen-bond acceptors (Lipinski definition) is 14. The predicted octanol–water partition coefficient (Wildman–Crippen LogP) is -4.06. The van der Waals surface area contributed by atoms with Crippen LogP contribution in [-0.2, 0) is 24.0 Å². The van der Waals surface area contributed by atoms with Gasteiger partial charge in [0.2, 0.25) is 11.6 Å². The van der Waals surface area contributed by atoms with E-state index in [2.05, 4.69) is 25.8 Å². The molecule has 242 valence electrons. The summed E-state index contributed by atoms with van der Waals surface area (Å²) in [5.74, 6) is -5.27. The maximum absolute atomic E-state index is 13.8. The molecular weight excluding hydrogens is 688 g/mol. The van der Waals surface area contributed by atoms with Gasteiger partial charge >= 0.3 is 53.4 Å². The summed E-state index contributed by atoms with van der Waals surface area (Å²) in [6, 6.07) is 2.40. The Morgan fingerprint density at radius 3 is 2.55 bits per heavy atom. The third-order valence-corrected chi connectivity index (χ3v) is 10.6. The Kier molecular flexibility index (Phi) is 11.6. The number of rotatable bonds is 10. The number of carboxylic acids is 1. The number of aromatic nitrogens is 2. The van der Waals surface area contributed by atoms with Crippen LogP contribution in [0.25, 0.3) is 0 Å². The Balaban J connectivity index is 0.00000500. The minimum absolute atomic E-state index is 0. The van der Waals surface area contributed by atoms with Gasteiger partial charge in [0.15, 0.2) is 4.34 Å². The number of urea groups is 1. The van der Waals surface area contributed by atoms with Gasteiger partial charge in [0.05, 0.1) is 0 Å². The summed E-state index contributed by atoms with van der Waals surface area (Å²) in [5.41, 5.74) is -0.493. The summed E-state index contributed by atoms with van der Waals surface area (Å²) in [6.07, 6.45) is 0.0622. The van der Waals surface area contributed by atoms with Crippen LogP contribution in [0, 0.1) is 0 Å². The summed E-state index contributed by atoms with van der Waals surface area (Å²) < 4.78 is 0.595. The normalized spacial score (nSPS) is 21.6. The number of carbonyl (C=O) groups is 6. The largest absolute Gasteiger partial charge is 1.00 e. The molecule has 3 aliphatic heterocycles. The molecule has 0 bridgehead atoms. The molecule has 2 aromatic rings. The van der Waals surface area contributed by atoms with E-state index in [1.165, 1.54) is 57.8 Å². The molecule has 17 nitrogen and oxygen atoms in total. The molecule has 2 fully saturated rings. The number of nitrogens with zero attached hydrogens (tertiary/aromatic N) is 6. The van der Waals surface area contributed by atoms with Gasteiger partial charge in [-0.3, -0.25) is 34.0 Å². The van der Waals surface area contributed by atoms with E-state index in [9.17, 15) is 44.1 Å². The maximum Gasteiger partial charge on any atom is 1.00 e. The van der Waals surface area contributed by atoms with Crippen molar-refractivity contribution in [3.05, 3.63) is 46.6 Å². The first-order chi connectivity index (χ1) is 22.0. The van der Waals surface area contributed by atoms with Crippen molar-refractivity contribution in [2.24, 2.45) is 4.99 Å². The first-order valence-corrected chi connectivity index (χ1v) is 16.4. The molecule has 1 unspecified atom stereocenters. The van der Waals surface area contributed by atoms with Crippen molar-refractivity contribution in [3.8, 4) is 5.75 Å². The molecule has 5 rings (SSSR count). The molecule has 6 amide bonds. The van der Waals surface area contributed by atoms with Gasteiger partial charge in [0, 0.05) is 31.1 Å². The van der Waals surface area contributed by atoms with E-state index in [0.717, 1.165) is 16.7 Å². The Labute approximate surface area is 301 Å². The minimum atomic E-state index is -2.22. The zero-order chi connectivity index (χ0) is 33.2. The van der Waals surface area contributed by atoms with Crippen LogP contribution in [0.3, 0.4) is 0 Å². The number of benzene rings is 1. The molecule has 4 heterocycles. The van der Waals surface area contributed by atoms with Crippen molar-refractivity contribution in [1.82, 2.24) is 35.5 Å². The third kappa shape index (κ3) is 6.97. The van der Waals surface area contributed by atoms with E-state index in [4.69, 9.17) is 0 Å². The van der Waals surface area contributed by atoms with Crippen LogP contribution in [0.5, 0.6) is 5.75 Å². The van der Waals surface area contributed by atoms with E-state index in [0.29, 0.717) is 14.8 Å². The number of phenolic OH excluding ortho intramolecular Hbond substituents is 1. The van der Waals surface area contributed by atoms with Crippen molar-refractivity contribution in [1.29, 1.82) is 0 Å². The van der Waals surface area contributed by atoms with Gasteiger partial charge in [-0.15, -0.1) is 22.0 Å². The number of thioether (sulfide) groups is 2. The number of aromatic hydroxyl groups is 1. The van der Waals surface area contributed by atoms with E-state index in [1.54, 1.807) is 6.92 Å². The van der Waals surface area contributed by atoms with Gasteiger partial charge in [0.25, 0.3) is 5.91 Å². The first kappa shape index (κ1) is 36.2. The van der Waals surface area contributed by atoms with Crippen LogP contribution in [0.4, 0.5) is 4.79 Å². The number of amides is 6. The molecule has 1 aromatic heterocycles. The van der Waals surface area contributed by atoms with E-state index >= 15 is 0 Å². The fourth-order valence-electron chi connectivity index (χ4n) is 5.04. The number of β-lactam (4-membered cyclic amide) rings is 1. The van der Waals surface area contributed by atoms with Gasteiger partial charge in [-0.2, -0.15) is 0 Å². The second kappa shape index (κ2) is 15.0. The topological polar surface area (TPSA) is 238 Å². The molecule has 2 saturated heterocycles. The molecule has 0 radical (unpaired) electrons. The fourth-order valence-corrected chi connectivity index (χ4v) is 8.07. The monoisotopic (exact) mass is 712 g/mol. The number of phenols is 1. The first-order valence-electron chi connectivity index (χ1n) is 13.5. The number of imide groups is 1. The molecule has 0 spiro atoms. The number of aliphatic carboxylic acids is 1. The SMILES string of the molecule is CCN1CCN(C(=O)NC(C(=O)N[C@]2(N=C[O-])C(=O)N3C(C(=O)O)=C(CSc4nncs4)CS[C@@H]32)c2ccc(O)cc2)C(=O)C1=O.[Na+]. The average molecular weight is 713 g/mol. The molecule has 3 atom stereocenters. The molecular formula is C26H25N8NaO9S3. The zero-order valence-corrected chi connectivity index (χ0v) is 29.3. The van der Waals surface area contributed by atoms with Crippen LogP contribution < -0.4 is 45.3 Å². The van der Waals surface area contributed by atoms with Gasteiger partial charge in [-0.05, 0) is 30.2 Å². The predicted molar refractivity (Wildman–Crippen MR) is 161 cm³/mol. The summed E-state index contributed by atoms with van der Waals surface area (Å²) in [5, 5.41) is 42.8. The third-order valence-electron chi connectivity index (χ3n) is 7.30. The molecule has 3 aliphatic rings. The molecule has 0 saturated carbocycles. The van der Waals surface area contributed by atoms with Crippen LogP contribution in [0.1, 0.15) is 18.5 Å². The Morgan fingerprint density at radius 2 is 1.94 bits per heavy atom. The van der Waals surface area contributed by atoms with Crippen molar-refractivity contribution < 1.29 is 73.6 Å². The van der Waals surface area contributed by atoms with Crippen LogP contribution in [-0.4, -0.2) is 119 Å². The fraction of sp³-hybridized carbons (Fsp3) is 0.346. The molecule has 0 aliphatic carbocycles. The Morgan fingerprint density at radius 1 is 1.21 bits per heavy atom. The van der Waals surface area contributed by atoms with Crippen LogP contribution in [0.2, 0.25) is 0 Å². The number of nitrogens with one attached hydrogen (secondary N) is 2. The van der Waals surface area contributed by atoms with Crippen molar-refractivity contribution in [2.45, 2.75) is 28.3 Å². The quantitative estimate of drug-likeness (QED) is 0.0459. The van der Waals surface area contributed by atoms with Crippen LogP contribution in [0.15, 0.2) is 50.4 Å². The second-order valence-electron chi connectivity index (χ2n) is 9.89. The van der Waals surface area contributed by atoms with Crippen molar-refractivity contribution >= 4 is 76.9 Å². The smallest absolute Gasteiger partial charge is 0.864 e. The Hall–Kier alpha value is -3.69.